The Morgan fingerprint density at radius 3 is 2.26 bits per heavy atom. The van der Waals surface area contributed by atoms with E-state index in [-0.39, 0.29) is 37.7 Å². The number of nitrogens with zero attached hydrogens (tertiary/aromatic N) is 2. The lowest BCUT2D eigenvalue weighted by Crippen LogP contribution is -2.59. The topological polar surface area (TPSA) is 229 Å². The van der Waals surface area contributed by atoms with Crippen molar-refractivity contribution in [1.82, 2.24) is 15.5 Å². The Morgan fingerprint density at radius 1 is 0.936 bits per heavy atom. The summed E-state index contributed by atoms with van der Waals surface area (Å²) in [6, 6.07) is 13.3. The number of aldehydes is 1. The number of aliphatic imine (C=N–C) groups is 1. The number of amides is 4. The quantitative estimate of drug-likeness (QED) is 0.0321. The Hall–Kier alpha value is -5.04. The first-order valence-electron chi connectivity index (χ1n) is 15.7. The van der Waals surface area contributed by atoms with Gasteiger partial charge in [-0.3, -0.25) is 29.1 Å². The van der Waals surface area contributed by atoms with Crippen molar-refractivity contribution in [2.75, 3.05) is 18.8 Å². The van der Waals surface area contributed by atoms with Crippen molar-refractivity contribution in [2.45, 2.75) is 70.5 Å². The van der Waals surface area contributed by atoms with E-state index in [1.54, 1.807) is 24.3 Å². The standard InChI is InChI=1S/C34H48N8O5/c1-23(2)20-29(41-31(45)21-40-30(44)18-17-25-13-6-7-15-27(25)35)33(47)42(26(22-43)14-9-19-39-34(37)38)32(46)28(36)16-8-12-24-10-4-3-5-11-24/h3-7,10-11,13,15,17-18,22-23,26,28-29H,8-9,12,14,16,19-21,35-36H2,1-2H3,(H,40,44)(H,41,45)(H4,37,38,39)/t26-,28+,29-/m0/s1. The van der Waals surface area contributed by atoms with E-state index in [9.17, 15) is 24.0 Å². The Bertz CT molecular complexity index is 1390. The molecule has 0 unspecified atom stereocenters. The molecule has 0 aliphatic rings. The fourth-order valence-corrected chi connectivity index (χ4v) is 4.84. The summed E-state index contributed by atoms with van der Waals surface area (Å²) in [5, 5.41) is 5.11. The van der Waals surface area contributed by atoms with Gasteiger partial charge in [0.05, 0.1) is 18.6 Å². The van der Waals surface area contributed by atoms with Gasteiger partial charge in [-0.25, -0.2) is 0 Å². The van der Waals surface area contributed by atoms with E-state index in [1.165, 1.54) is 12.2 Å². The predicted octanol–water partition coefficient (Wildman–Crippen LogP) is 1.26. The number of imide groups is 1. The molecule has 0 saturated carbocycles. The Balaban J connectivity index is 2.19. The molecular weight excluding hydrogens is 600 g/mol. The molecule has 2 aromatic rings. The zero-order chi connectivity index (χ0) is 34.8. The molecule has 2 aromatic carbocycles. The van der Waals surface area contributed by atoms with Gasteiger partial charge >= 0.3 is 0 Å². The molecule has 2 rings (SSSR count). The van der Waals surface area contributed by atoms with E-state index in [2.05, 4.69) is 15.6 Å². The lowest BCUT2D eigenvalue weighted by molar-refractivity contribution is -0.153. The summed E-state index contributed by atoms with van der Waals surface area (Å²) in [6.07, 6.45) is 5.36. The number of nitrogens with two attached hydrogens (primary N) is 4. The number of aryl methyl sites for hydroxylation is 1. The average Bonchev–Trinajstić information content (AvgIpc) is 3.04. The highest BCUT2D eigenvalue weighted by atomic mass is 16.2. The highest BCUT2D eigenvalue weighted by Gasteiger charge is 2.37. The maximum absolute atomic E-state index is 14.0. The van der Waals surface area contributed by atoms with Crippen LogP contribution >= 0.6 is 0 Å². The van der Waals surface area contributed by atoms with Gasteiger partial charge in [-0.05, 0) is 67.7 Å². The van der Waals surface area contributed by atoms with E-state index in [0.717, 1.165) is 10.5 Å². The normalized spacial score (nSPS) is 12.9. The van der Waals surface area contributed by atoms with Crippen LogP contribution in [0.4, 0.5) is 5.69 Å². The molecule has 4 amide bonds. The molecule has 3 atom stereocenters. The summed E-state index contributed by atoms with van der Waals surface area (Å²) < 4.78 is 0. The monoisotopic (exact) mass is 648 g/mol. The second-order valence-electron chi connectivity index (χ2n) is 11.6. The van der Waals surface area contributed by atoms with Gasteiger partial charge in [-0.1, -0.05) is 62.4 Å². The van der Waals surface area contributed by atoms with Crippen molar-refractivity contribution in [1.29, 1.82) is 0 Å². The van der Waals surface area contributed by atoms with Gasteiger partial charge in [0.25, 0.3) is 5.91 Å². The van der Waals surface area contributed by atoms with Crippen molar-refractivity contribution in [3.8, 4) is 0 Å². The summed E-state index contributed by atoms with van der Waals surface area (Å²) in [5.74, 6) is -2.88. The number of para-hydroxylation sites is 1. The van der Waals surface area contributed by atoms with Crippen molar-refractivity contribution in [3.63, 3.8) is 0 Å². The second kappa shape index (κ2) is 20.2. The van der Waals surface area contributed by atoms with Gasteiger partial charge in [0.1, 0.15) is 12.3 Å². The molecule has 0 saturated heterocycles. The van der Waals surface area contributed by atoms with E-state index in [4.69, 9.17) is 22.9 Å². The summed E-state index contributed by atoms with van der Waals surface area (Å²) in [7, 11) is 0. The van der Waals surface area contributed by atoms with Crippen LogP contribution in [0, 0.1) is 5.92 Å². The number of nitrogen functional groups attached to an aromatic ring is 1. The lowest BCUT2D eigenvalue weighted by Gasteiger charge is -2.32. The molecule has 0 bridgehead atoms. The molecule has 0 radical (unpaired) electrons. The molecule has 0 heterocycles. The summed E-state index contributed by atoms with van der Waals surface area (Å²) in [4.78, 5) is 70.1. The Morgan fingerprint density at radius 2 is 1.62 bits per heavy atom. The van der Waals surface area contributed by atoms with Crippen LogP contribution < -0.4 is 33.6 Å². The molecule has 0 spiro atoms. The SMILES string of the molecule is CC(C)C[C@H](NC(=O)CNC(=O)C=Cc1ccccc1N)C(=O)N(C(=O)[C@H](N)CCCc1ccccc1)[C@H](C=O)CCCN=C(N)N. The first kappa shape index (κ1) is 38.1. The molecule has 47 heavy (non-hydrogen) atoms. The van der Waals surface area contributed by atoms with Crippen LogP contribution in [0.2, 0.25) is 0 Å². The van der Waals surface area contributed by atoms with Gasteiger partial charge < -0.3 is 38.4 Å². The molecule has 13 nitrogen and oxygen atoms in total. The molecule has 0 fully saturated rings. The molecule has 10 N–H and O–H groups in total. The summed E-state index contributed by atoms with van der Waals surface area (Å²) in [5.41, 5.74) is 25.2. The van der Waals surface area contributed by atoms with E-state index >= 15 is 0 Å². The minimum absolute atomic E-state index is 0.0776. The number of guanidine groups is 1. The number of hydrogen-bond donors (Lipinski definition) is 6. The third-order valence-electron chi connectivity index (χ3n) is 7.23. The molecule has 0 aromatic heterocycles. The van der Waals surface area contributed by atoms with Gasteiger partial charge in [0.15, 0.2) is 5.96 Å². The van der Waals surface area contributed by atoms with Crippen LogP contribution in [0.25, 0.3) is 6.08 Å². The van der Waals surface area contributed by atoms with Gasteiger partial charge in [0.2, 0.25) is 17.7 Å². The fraction of sp³-hybridized carbons (Fsp3) is 0.412. The average molecular weight is 649 g/mol. The highest BCUT2D eigenvalue weighted by Crippen LogP contribution is 2.17. The smallest absolute Gasteiger partial charge is 0.252 e. The largest absolute Gasteiger partial charge is 0.398 e. The zero-order valence-electron chi connectivity index (χ0n) is 27.1. The number of rotatable bonds is 19. The fourth-order valence-electron chi connectivity index (χ4n) is 4.84. The predicted molar refractivity (Wildman–Crippen MR) is 183 cm³/mol. The van der Waals surface area contributed by atoms with E-state index < -0.39 is 48.3 Å². The van der Waals surface area contributed by atoms with Crippen molar-refractivity contribution in [3.05, 3.63) is 71.8 Å². The maximum atomic E-state index is 14.0. The molecule has 0 aliphatic carbocycles. The van der Waals surface area contributed by atoms with Crippen LogP contribution in [0.15, 0.2) is 65.7 Å². The van der Waals surface area contributed by atoms with E-state index in [0.29, 0.717) is 36.8 Å². The molecule has 254 valence electrons. The minimum Gasteiger partial charge on any atom is -0.398 e. The Labute approximate surface area is 276 Å². The minimum atomic E-state index is -1.17. The zero-order valence-corrected chi connectivity index (χ0v) is 27.1. The molecule has 0 aliphatic heterocycles. The molecule has 13 heteroatoms. The number of hydrogen-bond acceptors (Lipinski definition) is 8. The summed E-state index contributed by atoms with van der Waals surface area (Å²) >= 11 is 0. The lowest BCUT2D eigenvalue weighted by atomic mass is 9.99. The van der Waals surface area contributed by atoms with Crippen molar-refractivity contribution in [2.24, 2.45) is 28.1 Å². The summed E-state index contributed by atoms with van der Waals surface area (Å²) in [6.45, 7) is 3.45. The maximum Gasteiger partial charge on any atom is 0.252 e. The van der Waals surface area contributed by atoms with Crippen LogP contribution in [0.5, 0.6) is 0 Å². The highest BCUT2D eigenvalue weighted by molar-refractivity contribution is 6.03. The van der Waals surface area contributed by atoms with Gasteiger partial charge in [-0.2, -0.15) is 0 Å². The third-order valence-corrected chi connectivity index (χ3v) is 7.23. The number of carbonyl (C=O) groups excluding carboxylic acids is 5. The molecular formula is C34H48N8O5. The van der Waals surface area contributed by atoms with Crippen LogP contribution in [0.3, 0.4) is 0 Å². The van der Waals surface area contributed by atoms with Gasteiger partial charge in [0, 0.05) is 18.3 Å². The first-order valence-corrected chi connectivity index (χ1v) is 15.7. The van der Waals surface area contributed by atoms with Crippen molar-refractivity contribution < 1.29 is 24.0 Å². The number of anilines is 1. The number of carbonyl (C=O) groups is 5. The first-order chi connectivity index (χ1) is 22.4. The van der Waals surface area contributed by atoms with Gasteiger partial charge in [-0.15, -0.1) is 0 Å². The number of benzene rings is 2. The van der Waals surface area contributed by atoms with Crippen molar-refractivity contribution >= 4 is 47.6 Å². The van der Waals surface area contributed by atoms with Crippen LogP contribution in [-0.2, 0) is 30.4 Å². The van der Waals surface area contributed by atoms with Crippen LogP contribution in [0.1, 0.15) is 57.1 Å². The third kappa shape index (κ3) is 13.9. The van der Waals surface area contributed by atoms with Crippen LogP contribution in [-0.4, -0.2) is 72.0 Å². The number of nitrogens with one attached hydrogen (secondary N) is 2. The second-order valence-corrected chi connectivity index (χ2v) is 11.6. The van der Waals surface area contributed by atoms with E-state index in [1.807, 2.05) is 44.2 Å². The Kier molecular flexibility index (Phi) is 16.4.